The standard InChI is InChI=1S/C17H25N3O6/c1-7-12(15(18)24)8(2)14(20-16(25)10(4)23)9(3)13(7)17(26)19-11(5-21)6-22/h10-11,21-23H,5-6H2,1-4H3,(H2,18,24)(H,19,26)(H,20,25). The third-order valence-electron chi connectivity index (χ3n) is 4.13. The molecule has 1 rings (SSSR count). The molecule has 26 heavy (non-hydrogen) atoms. The predicted octanol–water partition coefficient (Wildman–Crippen LogP) is -0.887. The fourth-order valence-electron chi connectivity index (χ4n) is 2.75. The van der Waals surface area contributed by atoms with E-state index in [1.165, 1.54) is 6.92 Å². The Morgan fingerprint density at radius 3 is 1.92 bits per heavy atom. The Hall–Kier alpha value is -2.49. The molecule has 1 unspecified atom stereocenters. The number of amides is 3. The van der Waals surface area contributed by atoms with E-state index in [1.807, 2.05) is 0 Å². The van der Waals surface area contributed by atoms with Crippen LogP contribution in [-0.2, 0) is 4.79 Å². The Bertz CT molecular complexity index is 726. The van der Waals surface area contributed by atoms with Crippen molar-refractivity contribution in [2.24, 2.45) is 5.73 Å². The maximum absolute atomic E-state index is 12.6. The molecule has 1 atom stereocenters. The van der Waals surface area contributed by atoms with Gasteiger partial charge in [-0.15, -0.1) is 0 Å². The third-order valence-corrected chi connectivity index (χ3v) is 4.13. The van der Waals surface area contributed by atoms with E-state index < -0.39 is 43.1 Å². The summed E-state index contributed by atoms with van der Waals surface area (Å²) in [5.41, 5.74) is 6.86. The van der Waals surface area contributed by atoms with Crippen molar-refractivity contribution < 1.29 is 29.7 Å². The number of hydrogen-bond acceptors (Lipinski definition) is 6. The molecule has 0 fully saturated rings. The summed E-state index contributed by atoms with van der Waals surface area (Å²) in [4.78, 5) is 36.4. The second-order valence-electron chi connectivity index (χ2n) is 6.07. The van der Waals surface area contributed by atoms with E-state index >= 15 is 0 Å². The van der Waals surface area contributed by atoms with Gasteiger partial charge in [-0.2, -0.15) is 0 Å². The number of nitrogens with two attached hydrogens (primary N) is 1. The Balaban J connectivity index is 3.59. The van der Waals surface area contributed by atoms with Gasteiger partial charge in [0.15, 0.2) is 0 Å². The Kier molecular flexibility index (Phi) is 7.25. The van der Waals surface area contributed by atoms with Gasteiger partial charge >= 0.3 is 0 Å². The lowest BCUT2D eigenvalue weighted by Crippen LogP contribution is -2.41. The van der Waals surface area contributed by atoms with Crippen LogP contribution in [0.5, 0.6) is 0 Å². The van der Waals surface area contributed by atoms with Crippen LogP contribution < -0.4 is 16.4 Å². The fourth-order valence-corrected chi connectivity index (χ4v) is 2.75. The second kappa shape index (κ2) is 8.75. The number of benzene rings is 1. The highest BCUT2D eigenvalue weighted by atomic mass is 16.3. The van der Waals surface area contributed by atoms with Crippen LogP contribution in [0.1, 0.15) is 44.3 Å². The summed E-state index contributed by atoms with van der Waals surface area (Å²) in [5.74, 6) is -2.11. The zero-order valence-corrected chi connectivity index (χ0v) is 15.2. The van der Waals surface area contributed by atoms with E-state index in [9.17, 15) is 19.5 Å². The zero-order valence-electron chi connectivity index (χ0n) is 15.2. The van der Waals surface area contributed by atoms with Crippen LogP contribution in [0.25, 0.3) is 0 Å². The summed E-state index contributed by atoms with van der Waals surface area (Å²) in [6, 6.07) is -0.880. The first kappa shape index (κ1) is 21.6. The minimum Gasteiger partial charge on any atom is -0.394 e. The Labute approximate surface area is 151 Å². The first-order valence-electron chi connectivity index (χ1n) is 8.01. The van der Waals surface area contributed by atoms with Crippen LogP contribution >= 0.6 is 0 Å². The third kappa shape index (κ3) is 4.37. The molecule has 0 aliphatic rings. The summed E-state index contributed by atoms with van der Waals surface area (Å²) in [6.45, 7) is 5.03. The van der Waals surface area contributed by atoms with E-state index in [-0.39, 0.29) is 16.8 Å². The molecule has 0 aliphatic heterocycles. The normalized spacial score (nSPS) is 12.0. The molecule has 3 amide bonds. The molecule has 7 N–H and O–H groups in total. The molecule has 0 saturated carbocycles. The largest absolute Gasteiger partial charge is 0.394 e. The van der Waals surface area contributed by atoms with Gasteiger partial charge in [-0.25, -0.2) is 0 Å². The maximum atomic E-state index is 12.6. The quantitative estimate of drug-likeness (QED) is 0.366. The lowest BCUT2D eigenvalue weighted by molar-refractivity contribution is -0.123. The summed E-state index contributed by atoms with van der Waals surface area (Å²) in [7, 11) is 0. The predicted molar refractivity (Wildman–Crippen MR) is 94.9 cm³/mol. The molecule has 0 saturated heterocycles. The number of carbonyl (C=O) groups is 3. The van der Waals surface area contributed by atoms with Crippen LogP contribution in [-0.4, -0.2) is 58.4 Å². The van der Waals surface area contributed by atoms with Crippen molar-refractivity contribution in [1.82, 2.24) is 5.32 Å². The highest BCUT2D eigenvalue weighted by Gasteiger charge is 2.26. The molecule has 9 heteroatoms. The van der Waals surface area contributed by atoms with Crippen molar-refractivity contribution in [3.05, 3.63) is 27.8 Å². The molecule has 0 aromatic heterocycles. The molecule has 0 aliphatic carbocycles. The van der Waals surface area contributed by atoms with Gasteiger partial charge in [0.25, 0.3) is 11.8 Å². The van der Waals surface area contributed by atoms with Crippen molar-refractivity contribution in [1.29, 1.82) is 0 Å². The van der Waals surface area contributed by atoms with Crippen molar-refractivity contribution in [3.8, 4) is 0 Å². The molecule has 1 aromatic carbocycles. The summed E-state index contributed by atoms with van der Waals surface area (Å²) < 4.78 is 0. The molecule has 144 valence electrons. The molecule has 0 bridgehead atoms. The smallest absolute Gasteiger partial charge is 0.252 e. The van der Waals surface area contributed by atoms with Gasteiger partial charge in [0, 0.05) is 16.8 Å². The van der Waals surface area contributed by atoms with Crippen molar-refractivity contribution in [2.45, 2.75) is 39.8 Å². The van der Waals surface area contributed by atoms with Gasteiger partial charge in [0.05, 0.1) is 19.3 Å². The number of carbonyl (C=O) groups excluding carboxylic acids is 3. The Morgan fingerprint density at radius 2 is 1.50 bits per heavy atom. The van der Waals surface area contributed by atoms with Crippen LogP contribution in [0.4, 0.5) is 5.69 Å². The first-order valence-corrected chi connectivity index (χ1v) is 8.01. The summed E-state index contributed by atoms with van der Waals surface area (Å²) in [5, 5.41) is 32.7. The van der Waals surface area contributed by atoms with Crippen LogP contribution in [0.3, 0.4) is 0 Å². The van der Waals surface area contributed by atoms with Crippen LogP contribution in [0.2, 0.25) is 0 Å². The first-order chi connectivity index (χ1) is 12.1. The SMILES string of the molecule is Cc1c(NC(=O)C(C)O)c(C)c(C(=O)NC(CO)CO)c(C)c1C(N)=O. The van der Waals surface area contributed by atoms with Gasteiger partial charge in [-0.05, 0) is 44.4 Å². The number of anilines is 1. The number of aliphatic hydroxyl groups is 3. The molecular formula is C17H25N3O6. The van der Waals surface area contributed by atoms with E-state index in [2.05, 4.69) is 10.6 Å². The van der Waals surface area contributed by atoms with E-state index in [4.69, 9.17) is 15.9 Å². The number of hydrogen-bond donors (Lipinski definition) is 6. The zero-order chi connectivity index (χ0) is 20.2. The second-order valence-corrected chi connectivity index (χ2v) is 6.07. The lowest BCUT2D eigenvalue weighted by Gasteiger charge is -2.22. The van der Waals surface area contributed by atoms with E-state index in [1.54, 1.807) is 20.8 Å². The lowest BCUT2D eigenvalue weighted by atomic mass is 9.90. The number of aliphatic hydroxyl groups excluding tert-OH is 3. The number of primary amides is 1. The average molecular weight is 367 g/mol. The van der Waals surface area contributed by atoms with Crippen molar-refractivity contribution in [2.75, 3.05) is 18.5 Å². The Morgan fingerprint density at radius 1 is 1.00 bits per heavy atom. The van der Waals surface area contributed by atoms with Gasteiger partial charge in [-0.3, -0.25) is 14.4 Å². The average Bonchev–Trinajstić information content (AvgIpc) is 2.55. The number of nitrogens with one attached hydrogen (secondary N) is 2. The minimum atomic E-state index is -1.29. The topological polar surface area (TPSA) is 162 Å². The number of rotatable bonds is 7. The van der Waals surface area contributed by atoms with E-state index in [0.29, 0.717) is 16.7 Å². The summed E-state index contributed by atoms with van der Waals surface area (Å²) in [6.07, 6.45) is -1.29. The maximum Gasteiger partial charge on any atom is 0.252 e. The minimum absolute atomic E-state index is 0.0752. The van der Waals surface area contributed by atoms with Gasteiger partial charge in [0.2, 0.25) is 5.91 Å². The molecular weight excluding hydrogens is 342 g/mol. The van der Waals surface area contributed by atoms with E-state index in [0.717, 1.165) is 0 Å². The van der Waals surface area contributed by atoms with Crippen LogP contribution in [0, 0.1) is 20.8 Å². The molecule has 0 radical (unpaired) electrons. The molecule has 1 aromatic rings. The fraction of sp³-hybridized carbons (Fsp3) is 0.471. The van der Waals surface area contributed by atoms with Gasteiger partial charge in [-0.1, -0.05) is 0 Å². The van der Waals surface area contributed by atoms with Crippen molar-refractivity contribution in [3.63, 3.8) is 0 Å². The van der Waals surface area contributed by atoms with Crippen molar-refractivity contribution >= 4 is 23.4 Å². The molecule has 9 nitrogen and oxygen atoms in total. The van der Waals surface area contributed by atoms with Crippen LogP contribution in [0.15, 0.2) is 0 Å². The monoisotopic (exact) mass is 367 g/mol. The van der Waals surface area contributed by atoms with Gasteiger partial charge < -0.3 is 31.7 Å². The highest BCUT2D eigenvalue weighted by Crippen LogP contribution is 2.31. The molecule has 0 heterocycles. The summed E-state index contributed by atoms with van der Waals surface area (Å²) >= 11 is 0. The van der Waals surface area contributed by atoms with Gasteiger partial charge in [0.1, 0.15) is 6.10 Å². The highest BCUT2D eigenvalue weighted by molar-refractivity contribution is 6.07. The molecule has 0 spiro atoms.